The molecule has 0 aromatic carbocycles. The Morgan fingerprint density at radius 3 is 2.39 bits per heavy atom. The van der Waals surface area contributed by atoms with Gasteiger partial charge in [0.1, 0.15) is 5.69 Å². The molecule has 174 valence electrons. The van der Waals surface area contributed by atoms with Gasteiger partial charge >= 0.3 is 12.1 Å². The zero-order valence-electron chi connectivity index (χ0n) is 17.4. The SMILES string of the molecule is COCC1CCC2(CCN(C(=O)c3cscn3)CC2)N1CC1CC1.O=C(O)C(F)(F)F. The summed E-state index contributed by atoms with van der Waals surface area (Å²) >= 11 is 1.49. The highest BCUT2D eigenvalue weighted by Gasteiger charge is 2.49. The normalized spacial score (nSPS) is 23.5. The maximum Gasteiger partial charge on any atom is 0.490 e. The van der Waals surface area contributed by atoms with Crippen LogP contribution in [0.3, 0.4) is 0 Å². The van der Waals surface area contributed by atoms with E-state index in [1.54, 1.807) is 5.51 Å². The van der Waals surface area contributed by atoms with Crippen molar-refractivity contribution in [3.8, 4) is 0 Å². The standard InChI is InChI=1S/C18H27N3O2S.C2HF3O2/c1-23-11-15-4-5-18(21(15)10-14-2-3-14)6-8-20(9-7-18)17(22)16-12-24-13-19-16;3-2(4,5)1(6)7/h12-15H,2-11H2,1H3;(H,6,7). The van der Waals surface area contributed by atoms with Gasteiger partial charge in [-0.25, -0.2) is 9.78 Å². The van der Waals surface area contributed by atoms with Crippen LogP contribution in [0.5, 0.6) is 0 Å². The van der Waals surface area contributed by atoms with Gasteiger partial charge in [-0.1, -0.05) is 0 Å². The predicted molar refractivity (Wildman–Crippen MR) is 108 cm³/mol. The Morgan fingerprint density at radius 2 is 1.90 bits per heavy atom. The highest BCUT2D eigenvalue weighted by Crippen LogP contribution is 2.44. The molecule has 1 saturated carbocycles. The summed E-state index contributed by atoms with van der Waals surface area (Å²) in [7, 11) is 1.81. The molecule has 1 atom stereocenters. The van der Waals surface area contributed by atoms with Crippen LogP contribution in [0.1, 0.15) is 49.0 Å². The average Bonchev–Trinajstić information content (AvgIpc) is 3.27. The quantitative estimate of drug-likeness (QED) is 0.722. The summed E-state index contributed by atoms with van der Waals surface area (Å²) in [5.41, 5.74) is 2.64. The van der Waals surface area contributed by atoms with Crippen molar-refractivity contribution in [1.29, 1.82) is 0 Å². The minimum Gasteiger partial charge on any atom is -0.475 e. The van der Waals surface area contributed by atoms with Crippen LogP contribution < -0.4 is 0 Å². The van der Waals surface area contributed by atoms with Crippen molar-refractivity contribution < 1.29 is 32.6 Å². The van der Waals surface area contributed by atoms with Crippen LogP contribution in [0, 0.1) is 5.92 Å². The van der Waals surface area contributed by atoms with Crippen LogP contribution in [0.2, 0.25) is 0 Å². The topological polar surface area (TPSA) is 83.0 Å². The van der Waals surface area contributed by atoms with E-state index in [1.165, 1.54) is 43.6 Å². The molecule has 3 heterocycles. The fourth-order valence-electron chi connectivity index (χ4n) is 4.55. The van der Waals surface area contributed by atoms with Crippen molar-refractivity contribution in [2.45, 2.75) is 56.3 Å². The molecule has 7 nitrogen and oxygen atoms in total. The fourth-order valence-corrected chi connectivity index (χ4v) is 5.08. The summed E-state index contributed by atoms with van der Waals surface area (Å²) in [5.74, 6) is -1.76. The van der Waals surface area contributed by atoms with E-state index in [-0.39, 0.29) is 5.91 Å². The summed E-state index contributed by atoms with van der Waals surface area (Å²) in [6.07, 6.45) is 2.38. The first-order chi connectivity index (χ1) is 14.7. The van der Waals surface area contributed by atoms with Crippen molar-refractivity contribution in [3.05, 3.63) is 16.6 Å². The Kier molecular flexibility index (Phi) is 7.59. The number of thiazole rings is 1. The van der Waals surface area contributed by atoms with Crippen LogP contribution in [0.15, 0.2) is 10.9 Å². The summed E-state index contributed by atoms with van der Waals surface area (Å²) in [6.45, 7) is 3.79. The number of carbonyl (C=O) groups excluding carboxylic acids is 1. The van der Waals surface area contributed by atoms with Crippen molar-refractivity contribution in [1.82, 2.24) is 14.8 Å². The minimum atomic E-state index is -5.08. The number of methoxy groups -OCH3 is 1. The van der Waals surface area contributed by atoms with Crippen molar-refractivity contribution >= 4 is 23.2 Å². The average molecular weight is 464 g/mol. The van der Waals surface area contributed by atoms with Gasteiger partial charge in [0.25, 0.3) is 5.91 Å². The number of aliphatic carboxylic acids is 1. The molecule has 11 heteroatoms. The lowest BCUT2D eigenvalue weighted by atomic mass is 9.84. The summed E-state index contributed by atoms with van der Waals surface area (Å²) in [5, 5.41) is 8.98. The Balaban J connectivity index is 0.000000339. The van der Waals surface area contributed by atoms with E-state index in [1.807, 2.05) is 17.4 Å². The van der Waals surface area contributed by atoms with Crippen molar-refractivity contribution in [2.75, 3.05) is 33.4 Å². The van der Waals surface area contributed by atoms with Gasteiger partial charge in [-0.05, 0) is 44.4 Å². The first-order valence-electron chi connectivity index (χ1n) is 10.4. The van der Waals surface area contributed by atoms with E-state index in [2.05, 4.69) is 9.88 Å². The number of nitrogens with zero attached hydrogens (tertiary/aromatic N) is 3. The van der Waals surface area contributed by atoms with Crippen LogP contribution >= 0.6 is 11.3 Å². The maximum absolute atomic E-state index is 12.5. The Bertz CT molecular complexity index is 747. The molecule has 1 N–H and O–H groups in total. The predicted octanol–water partition coefficient (Wildman–Crippen LogP) is 3.27. The molecule has 3 aliphatic rings. The number of carbonyl (C=O) groups is 2. The minimum absolute atomic E-state index is 0.103. The number of halogens is 3. The number of carboxylic acids is 1. The largest absolute Gasteiger partial charge is 0.490 e. The lowest BCUT2D eigenvalue weighted by molar-refractivity contribution is -0.192. The van der Waals surface area contributed by atoms with E-state index in [0.29, 0.717) is 17.3 Å². The third-order valence-electron chi connectivity index (χ3n) is 6.38. The van der Waals surface area contributed by atoms with Crippen molar-refractivity contribution in [2.24, 2.45) is 5.92 Å². The smallest absolute Gasteiger partial charge is 0.475 e. The molecule has 1 aromatic rings. The van der Waals surface area contributed by atoms with E-state index in [9.17, 15) is 18.0 Å². The zero-order chi connectivity index (χ0) is 22.6. The van der Waals surface area contributed by atoms with Crippen LogP contribution in [0.25, 0.3) is 0 Å². The molecule has 4 rings (SSSR count). The van der Waals surface area contributed by atoms with Crippen LogP contribution in [0.4, 0.5) is 13.2 Å². The third kappa shape index (κ3) is 5.95. The lowest BCUT2D eigenvalue weighted by Crippen LogP contribution is -2.56. The number of likely N-dealkylation sites (tertiary alicyclic amines) is 2. The second kappa shape index (κ2) is 9.83. The highest BCUT2D eigenvalue weighted by atomic mass is 32.1. The lowest BCUT2D eigenvalue weighted by Gasteiger charge is -2.46. The van der Waals surface area contributed by atoms with Crippen molar-refractivity contribution in [3.63, 3.8) is 0 Å². The fraction of sp³-hybridized carbons (Fsp3) is 0.750. The molecule has 1 aromatic heterocycles. The van der Waals surface area contributed by atoms with Gasteiger partial charge in [0.05, 0.1) is 12.1 Å². The Hall–Kier alpha value is -1.72. The highest BCUT2D eigenvalue weighted by molar-refractivity contribution is 7.07. The molecule has 1 spiro atoms. The molecular weight excluding hydrogens is 435 g/mol. The molecule has 31 heavy (non-hydrogen) atoms. The van der Waals surface area contributed by atoms with E-state index in [0.717, 1.165) is 38.5 Å². The van der Waals surface area contributed by atoms with Gasteiger partial charge in [-0.2, -0.15) is 13.2 Å². The Morgan fingerprint density at radius 1 is 1.26 bits per heavy atom. The number of alkyl halides is 3. The number of aromatic nitrogens is 1. The number of piperidine rings is 1. The van der Waals surface area contributed by atoms with Gasteiger partial charge in [0.15, 0.2) is 0 Å². The second-order valence-corrected chi connectivity index (χ2v) is 9.16. The number of hydrogen-bond acceptors (Lipinski definition) is 6. The summed E-state index contributed by atoms with van der Waals surface area (Å²) < 4.78 is 37.2. The maximum atomic E-state index is 12.5. The Labute approximate surface area is 183 Å². The van der Waals surface area contributed by atoms with E-state index < -0.39 is 12.1 Å². The van der Waals surface area contributed by atoms with Gasteiger partial charge in [-0.3, -0.25) is 9.69 Å². The van der Waals surface area contributed by atoms with Gasteiger partial charge in [0, 0.05) is 43.7 Å². The van der Waals surface area contributed by atoms with E-state index in [4.69, 9.17) is 14.6 Å². The molecular formula is C20H28F3N3O4S. The number of hydrogen-bond donors (Lipinski definition) is 1. The van der Waals surface area contributed by atoms with E-state index >= 15 is 0 Å². The van der Waals surface area contributed by atoms with Crippen LogP contribution in [-0.4, -0.2) is 82.9 Å². The number of rotatable bonds is 5. The second-order valence-electron chi connectivity index (χ2n) is 8.44. The van der Waals surface area contributed by atoms with Gasteiger partial charge in [0.2, 0.25) is 0 Å². The first kappa shape index (κ1) is 23.9. The number of ether oxygens (including phenoxy) is 1. The molecule has 0 bridgehead atoms. The third-order valence-corrected chi connectivity index (χ3v) is 6.97. The molecule has 1 unspecified atom stereocenters. The molecule has 2 saturated heterocycles. The van der Waals surface area contributed by atoms with Gasteiger partial charge in [-0.15, -0.1) is 11.3 Å². The summed E-state index contributed by atoms with van der Waals surface area (Å²) in [4.78, 5) is 30.4. The first-order valence-corrected chi connectivity index (χ1v) is 11.3. The number of amides is 1. The van der Waals surface area contributed by atoms with Gasteiger partial charge < -0.3 is 14.7 Å². The molecule has 0 radical (unpaired) electrons. The number of carboxylic acid groups (broad SMARTS) is 1. The molecule has 1 amide bonds. The monoisotopic (exact) mass is 463 g/mol. The molecule has 2 aliphatic heterocycles. The van der Waals surface area contributed by atoms with Crippen LogP contribution in [-0.2, 0) is 9.53 Å². The molecule has 1 aliphatic carbocycles. The molecule has 3 fully saturated rings. The zero-order valence-corrected chi connectivity index (χ0v) is 18.3. The summed E-state index contributed by atoms with van der Waals surface area (Å²) in [6, 6.07) is 0.566.